The molecule has 0 atom stereocenters. The fourth-order valence-corrected chi connectivity index (χ4v) is 3.19. The first-order chi connectivity index (χ1) is 15.1. The molecule has 3 heterocycles. The van der Waals surface area contributed by atoms with Gasteiger partial charge in [0, 0.05) is 11.1 Å². The monoisotopic (exact) mass is 416 g/mol. The second-order valence-corrected chi connectivity index (χ2v) is 7.00. The van der Waals surface area contributed by atoms with E-state index in [1.807, 2.05) is 44.2 Å². The molecular weight excluding hydrogens is 399 g/mol. The molecular formula is C22H17FN6O2. The van der Waals surface area contributed by atoms with Crippen molar-refractivity contribution in [1.29, 1.82) is 0 Å². The molecule has 0 unspecified atom stereocenters. The number of nitrogens with zero attached hydrogens (tertiary/aromatic N) is 6. The minimum Gasteiger partial charge on any atom is -0.441 e. The molecule has 3 aromatic heterocycles. The zero-order valence-corrected chi connectivity index (χ0v) is 16.8. The number of hydrogen-bond donors (Lipinski definition) is 0. The minimum atomic E-state index is -0.371. The molecule has 0 amide bonds. The highest BCUT2D eigenvalue weighted by Crippen LogP contribution is 2.25. The third-order valence-corrected chi connectivity index (χ3v) is 4.91. The van der Waals surface area contributed by atoms with Crippen molar-refractivity contribution >= 4 is 0 Å². The van der Waals surface area contributed by atoms with Crippen molar-refractivity contribution in [2.45, 2.75) is 20.4 Å². The summed E-state index contributed by atoms with van der Waals surface area (Å²) in [6.45, 7) is 4.10. The summed E-state index contributed by atoms with van der Waals surface area (Å²) in [4.78, 5) is 8.95. The van der Waals surface area contributed by atoms with E-state index in [-0.39, 0.29) is 17.5 Å². The van der Waals surface area contributed by atoms with E-state index in [0.29, 0.717) is 29.5 Å². The lowest BCUT2D eigenvalue weighted by Crippen LogP contribution is -2.05. The van der Waals surface area contributed by atoms with Gasteiger partial charge in [0.1, 0.15) is 17.3 Å². The summed E-state index contributed by atoms with van der Waals surface area (Å²) >= 11 is 0. The zero-order chi connectivity index (χ0) is 21.4. The van der Waals surface area contributed by atoms with Crippen molar-refractivity contribution in [1.82, 2.24) is 30.1 Å². The van der Waals surface area contributed by atoms with E-state index < -0.39 is 0 Å². The molecule has 154 valence electrons. The number of rotatable bonds is 5. The molecule has 8 nitrogen and oxygen atoms in total. The summed E-state index contributed by atoms with van der Waals surface area (Å²) in [5.41, 5.74) is 3.37. The highest BCUT2D eigenvalue weighted by Gasteiger charge is 2.20. The molecule has 5 rings (SSSR count). The van der Waals surface area contributed by atoms with Crippen LogP contribution in [0.15, 0.2) is 63.5 Å². The van der Waals surface area contributed by atoms with Crippen LogP contribution in [0.25, 0.3) is 34.4 Å². The molecule has 5 aromatic rings. The van der Waals surface area contributed by atoms with Crippen molar-refractivity contribution in [3.05, 3.63) is 77.6 Å². The number of aryl methyl sites for hydroxylation is 1. The lowest BCUT2D eigenvalue weighted by Gasteiger charge is -2.00. The number of oxazole rings is 1. The van der Waals surface area contributed by atoms with Gasteiger partial charge in [-0.2, -0.15) is 4.98 Å². The predicted molar refractivity (Wildman–Crippen MR) is 109 cm³/mol. The normalized spacial score (nSPS) is 11.2. The Hall–Kier alpha value is -4.14. The Kier molecular flexibility index (Phi) is 4.62. The van der Waals surface area contributed by atoms with Crippen LogP contribution >= 0.6 is 0 Å². The molecule has 0 fully saturated rings. The Labute approximate surface area is 176 Å². The summed E-state index contributed by atoms with van der Waals surface area (Å²) in [5, 5.41) is 12.3. The van der Waals surface area contributed by atoms with Gasteiger partial charge in [-0.05, 0) is 38.1 Å². The Balaban J connectivity index is 1.41. The largest absolute Gasteiger partial charge is 0.441 e. The lowest BCUT2D eigenvalue weighted by molar-refractivity contribution is 0.430. The van der Waals surface area contributed by atoms with E-state index in [4.69, 9.17) is 8.94 Å². The maximum absolute atomic E-state index is 13.5. The Morgan fingerprint density at radius 1 is 0.935 bits per heavy atom. The van der Waals surface area contributed by atoms with Crippen LogP contribution in [0, 0.1) is 19.7 Å². The van der Waals surface area contributed by atoms with E-state index in [1.165, 1.54) is 12.1 Å². The van der Waals surface area contributed by atoms with Gasteiger partial charge in [0.05, 0.1) is 12.2 Å². The van der Waals surface area contributed by atoms with Crippen LogP contribution in [-0.4, -0.2) is 30.1 Å². The zero-order valence-electron chi connectivity index (χ0n) is 16.8. The first-order valence-corrected chi connectivity index (χ1v) is 9.60. The van der Waals surface area contributed by atoms with Gasteiger partial charge in [-0.25, -0.2) is 14.1 Å². The van der Waals surface area contributed by atoms with Crippen molar-refractivity contribution < 1.29 is 13.3 Å². The minimum absolute atomic E-state index is 0.213. The SMILES string of the molecule is Cc1oc(-c2ccccc2)nc1Cn1nnc(-c2nc(-c3cccc(F)c3)no2)c1C. The van der Waals surface area contributed by atoms with Gasteiger partial charge in [0.25, 0.3) is 5.89 Å². The maximum atomic E-state index is 13.5. The molecule has 0 saturated heterocycles. The number of halogens is 1. The summed E-state index contributed by atoms with van der Waals surface area (Å²) in [5.74, 6) is 1.39. The van der Waals surface area contributed by atoms with Gasteiger partial charge in [0.15, 0.2) is 5.69 Å². The first kappa shape index (κ1) is 18.9. The van der Waals surface area contributed by atoms with Crippen LogP contribution < -0.4 is 0 Å². The van der Waals surface area contributed by atoms with Crippen LogP contribution in [0.1, 0.15) is 17.1 Å². The standard InChI is InChI=1S/C22H17FN6O2/c1-13-19(22-25-20(27-31-22)16-9-6-10-17(23)11-16)26-28-29(13)12-18-14(2)30-21(24-18)15-7-4-3-5-8-15/h3-11H,12H2,1-2H3. The quantitative estimate of drug-likeness (QED) is 0.417. The summed E-state index contributed by atoms with van der Waals surface area (Å²) in [6.07, 6.45) is 0. The molecule has 0 spiro atoms. The molecule has 0 aliphatic carbocycles. The highest BCUT2D eigenvalue weighted by atomic mass is 19.1. The summed E-state index contributed by atoms with van der Waals surface area (Å²) < 4.78 is 26.3. The van der Waals surface area contributed by atoms with Gasteiger partial charge in [-0.15, -0.1) is 5.10 Å². The smallest absolute Gasteiger partial charge is 0.280 e. The van der Waals surface area contributed by atoms with Crippen LogP contribution in [0.4, 0.5) is 4.39 Å². The molecule has 0 N–H and O–H groups in total. The fraction of sp³-hybridized carbons (Fsp3) is 0.136. The van der Waals surface area contributed by atoms with E-state index in [2.05, 4.69) is 25.4 Å². The molecule has 0 bridgehead atoms. The molecule has 2 aromatic carbocycles. The highest BCUT2D eigenvalue weighted by molar-refractivity contribution is 5.58. The second-order valence-electron chi connectivity index (χ2n) is 7.00. The Bertz CT molecular complexity index is 1360. The van der Waals surface area contributed by atoms with Crippen LogP contribution in [0.2, 0.25) is 0 Å². The molecule has 0 aliphatic rings. The average Bonchev–Trinajstić information content (AvgIpc) is 3.49. The molecule has 0 radical (unpaired) electrons. The third kappa shape index (κ3) is 3.61. The van der Waals surface area contributed by atoms with E-state index in [9.17, 15) is 4.39 Å². The molecule has 9 heteroatoms. The van der Waals surface area contributed by atoms with Crippen LogP contribution in [-0.2, 0) is 6.54 Å². The lowest BCUT2D eigenvalue weighted by atomic mass is 10.2. The van der Waals surface area contributed by atoms with Gasteiger partial charge in [-0.3, -0.25) is 0 Å². The number of aromatic nitrogens is 6. The van der Waals surface area contributed by atoms with Crippen molar-refractivity contribution in [2.24, 2.45) is 0 Å². The fourth-order valence-electron chi connectivity index (χ4n) is 3.19. The van der Waals surface area contributed by atoms with E-state index in [0.717, 1.165) is 17.0 Å². The van der Waals surface area contributed by atoms with Crippen molar-refractivity contribution in [2.75, 3.05) is 0 Å². The maximum Gasteiger partial charge on any atom is 0.280 e. The third-order valence-electron chi connectivity index (χ3n) is 4.91. The summed E-state index contributed by atoms with van der Waals surface area (Å²) in [7, 11) is 0. The van der Waals surface area contributed by atoms with Gasteiger partial charge in [0.2, 0.25) is 11.7 Å². The van der Waals surface area contributed by atoms with Crippen LogP contribution in [0.3, 0.4) is 0 Å². The Morgan fingerprint density at radius 2 is 1.74 bits per heavy atom. The average molecular weight is 416 g/mol. The Morgan fingerprint density at radius 3 is 2.55 bits per heavy atom. The van der Waals surface area contributed by atoms with E-state index >= 15 is 0 Å². The van der Waals surface area contributed by atoms with Gasteiger partial charge >= 0.3 is 0 Å². The topological polar surface area (TPSA) is 95.7 Å². The first-order valence-electron chi connectivity index (χ1n) is 9.60. The van der Waals surface area contributed by atoms with Gasteiger partial charge < -0.3 is 8.94 Å². The van der Waals surface area contributed by atoms with Gasteiger partial charge in [-0.1, -0.05) is 40.7 Å². The number of hydrogen-bond acceptors (Lipinski definition) is 7. The van der Waals surface area contributed by atoms with Crippen molar-refractivity contribution in [3.8, 4) is 34.4 Å². The second kappa shape index (κ2) is 7.60. The van der Waals surface area contributed by atoms with Crippen LogP contribution in [0.5, 0.6) is 0 Å². The molecule has 0 aliphatic heterocycles. The molecule has 0 saturated carbocycles. The predicted octanol–water partition coefficient (Wildman–Crippen LogP) is 4.45. The molecule has 31 heavy (non-hydrogen) atoms. The van der Waals surface area contributed by atoms with Crippen molar-refractivity contribution in [3.63, 3.8) is 0 Å². The summed E-state index contributed by atoms with van der Waals surface area (Å²) in [6, 6.07) is 15.7. The number of benzene rings is 2. The van der Waals surface area contributed by atoms with E-state index in [1.54, 1.807) is 16.8 Å².